The smallest absolute Gasteiger partial charge is 0.266 e. The van der Waals surface area contributed by atoms with Crippen LogP contribution in [0.25, 0.3) is 17.1 Å². The van der Waals surface area contributed by atoms with E-state index in [1.807, 2.05) is 48.0 Å². The van der Waals surface area contributed by atoms with Gasteiger partial charge in [0, 0.05) is 12.6 Å². The number of aromatic nitrogens is 4. The molecule has 20 heavy (non-hydrogen) atoms. The Kier molecular flexibility index (Phi) is 3.16. The predicted molar refractivity (Wildman–Crippen MR) is 76.7 cm³/mol. The largest absolute Gasteiger partial charge is 0.268 e. The fourth-order valence-electron chi connectivity index (χ4n) is 2.08. The van der Waals surface area contributed by atoms with Gasteiger partial charge in [0.1, 0.15) is 5.69 Å². The van der Waals surface area contributed by atoms with Crippen LogP contribution in [-0.2, 0) is 6.54 Å². The van der Waals surface area contributed by atoms with E-state index in [1.165, 1.54) is 10.7 Å². The molecule has 2 heterocycles. The van der Waals surface area contributed by atoms with Gasteiger partial charge in [-0.3, -0.25) is 4.79 Å². The molecular formula is C15H14N4O. The Hall–Kier alpha value is -2.69. The summed E-state index contributed by atoms with van der Waals surface area (Å²) in [6.07, 6.45) is 1.73. The lowest BCUT2D eigenvalue weighted by Crippen LogP contribution is -2.21. The van der Waals surface area contributed by atoms with Crippen LogP contribution in [0.4, 0.5) is 0 Å². The predicted octanol–water partition coefficient (Wildman–Crippen LogP) is 2.12. The van der Waals surface area contributed by atoms with Gasteiger partial charge in [-0.2, -0.15) is 10.2 Å². The minimum Gasteiger partial charge on any atom is -0.268 e. The number of nitrogens with zero attached hydrogens (tertiary/aromatic N) is 4. The van der Waals surface area contributed by atoms with Gasteiger partial charge in [-0.25, -0.2) is 9.36 Å². The van der Waals surface area contributed by atoms with E-state index in [1.54, 1.807) is 12.3 Å². The summed E-state index contributed by atoms with van der Waals surface area (Å²) in [5.41, 5.74) is 2.46. The van der Waals surface area contributed by atoms with Gasteiger partial charge in [0.15, 0.2) is 0 Å². The zero-order chi connectivity index (χ0) is 13.9. The van der Waals surface area contributed by atoms with Gasteiger partial charge >= 0.3 is 0 Å². The Morgan fingerprint density at radius 2 is 1.85 bits per heavy atom. The van der Waals surface area contributed by atoms with E-state index in [0.29, 0.717) is 6.54 Å². The van der Waals surface area contributed by atoms with Crippen molar-refractivity contribution in [2.45, 2.75) is 13.5 Å². The zero-order valence-electron chi connectivity index (χ0n) is 11.1. The summed E-state index contributed by atoms with van der Waals surface area (Å²) in [4.78, 5) is 11.6. The highest BCUT2D eigenvalue weighted by Gasteiger charge is 2.09. The normalized spacial score (nSPS) is 10.7. The second-order valence-corrected chi connectivity index (χ2v) is 4.34. The minimum atomic E-state index is -0.0953. The van der Waals surface area contributed by atoms with Gasteiger partial charge < -0.3 is 0 Å². The summed E-state index contributed by atoms with van der Waals surface area (Å²) in [5, 5.41) is 8.69. The highest BCUT2D eigenvalue weighted by Crippen LogP contribution is 2.19. The molecule has 5 nitrogen and oxygen atoms in total. The molecule has 100 valence electrons. The van der Waals surface area contributed by atoms with Crippen molar-refractivity contribution in [3.05, 3.63) is 65.1 Å². The summed E-state index contributed by atoms with van der Waals surface area (Å²) >= 11 is 0. The first-order valence-electron chi connectivity index (χ1n) is 6.47. The monoisotopic (exact) mass is 266 g/mol. The lowest BCUT2D eigenvalue weighted by Gasteiger charge is -2.08. The molecule has 0 bridgehead atoms. The van der Waals surface area contributed by atoms with Crippen molar-refractivity contribution >= 4 is 0 Å². The Morgan fingerprint density at radius 3 is 2.60 bits per heavy atom. The Balaban J connectivity index is 2.13. The molecule has 0 N–H and O–H groups in total. The number of para-hydroxylation sites is 1. The van der Waals surface area contributed by atoms with Crippen LogP contribution in [0.1, 0.15) is 6.92 Å². The fraction of sp³-hybridized carbons (Fsp3) is 0.133. The molecule has 0 unspecified atom stereocenters. The number of hydrogen-bond acceptors (Lipinski definition) is 3. The van der Waals surface area contributed by atoms with E-state index in [2.05, 4.69) is 10.2 Å². The molecule has 1 aromatic carbocycles. The molecule has 0 aliphatic carbocycles. The van der Waals surface area contributed by atoms with E-state index in [4.69, 9.17) is 0 Å². The number of benzene rings is 1. The van der Waals surface area contributed by atoms with Crippen molar-refractivity contribution in [3.63, 3.8) is 0 Å². The van der Waals surface area contributed by atoms with Gasteiger partial charge in [0.25, 0.3) is 5.56 Å². The third-order valence-corrected chi connectivity index (χ3v) is 3.07. The number of rotatable bonds is 3. The Bertz CT molecular complexity index is 774. The average Bonchev–Trinajstić information content (AvgIpc) is 2.98. The van der Waals surface area contributed by atoms with Crippen molar-refractivity contribution < 1.29 is 0 Å². The SMILES string of the molecule is CCn1nc(-c2ccnn2-c2ccccc2)ccc1=O. The van der Waals surface area contributed by atoms with Crippen molar-refractivity contribution in [1.29, 1.82) is 0 Å². The molecule has 0 aliphatic rings. The second-order valence-electron chi connectivity index (χ2n) is 4.34. The maximum atomic E-state index is 11.6. The van der Waals surface area contributed by atoms with E-state index in [9.17, 15) is 4.79 Å². The highest BCUT2D eigenvalue weighted by atomic mass is 16.1. The van der Waals surface area contributed by atoms with Crippen molar-refractivity contribution in [2.75, 3.05) is 0 Å². The minimum absolute atomic E-state index is 0.0953. The maximum Gasteiger partial charge on any atom is 0.266 e. The molecule has 2 aromatic heterocycles. The van der Waals surface area contributed by atoms with Gasteiger partial charge in [0.2, 0.25) is 0 Å². The zero-order valence-corrected chi connectivity index (χ0v) is 11.1. The molecule has 0 fully saturated rings. The average molecular weight is 266 g/mol. The van der Waals surface area contributed by atoms with Crippen LogP contribution < -0.4 is 5.56 Å². The molecule has 5 heteroatoms. The third kappa shape index (κ3) is 2.14. The van der Waals surface area contributed by atoms with E-state index >= 15 is 0 Å². The van der Waals surface area contributed by atoms with Crippen LogP contribution in [0.5, 0.6) is 0 Å². The number of hydrogen-bond donors (Lipinski definition) is 0. The van der Waals surface area contributed by atoms with Crippen LogP contribution in [0, 0.1) is 0 Å². The molecule has 0 aliphatic heterocycles. The highest BCUT2D eigenvalue weighted by molar-refractivity contribution is 5.56. The maximum absolute atomic E-state index is 11.6. The molecule has 0 radical (unpaired) electrons. The van der Waals surface area contributed by atoms with Crippen LogP contribution in [-0.4, -0.2) is 19.6 Å². The molecule has 0 amide bonds. The second kappa shape index (κ2) is 5.13. The van der Waals surface area contributed by atoms with Gasteiger partial charge in [-0.05, 0) is 31.2 Å². The standard InChI is InChI=1S/C15H14N4O/c1-2-18-15(20)9-8-13(17-18)14-10-11-16-19(14)12-6-4-3-5-7-12/h3-11H,2H2,1H3. The molecular weight excluding hydrogens is 252 g/mol. The molecule has 0 atom stereocenters. The van der Waals surface area contributed by atoms with Crippen molar-refractivity contribution in [3.8, 4) is 17.1 Å². The Morgan fingerprint density at radius 1 is 1.05 bits per heavy atom. The van der Waals surface area contributed by atoms with Crippen LogP contribution in [0.3, 0.4) is 0 Å². The van der Waals surface area contributed by atoms with Crippen LogP contribution >= 0.6 is 0 Å². The number of aryl methyl sites for hydroxylation is 1. The quantitative estimate of drug-likeness (QED) is 0.729. The van der Waals surface area contributed by atoms with E-state index in [0.717, 1.165) is 17.1 Å². The first kappa shape index (κ1) is 12.3. The molecule has 3 aromatic rings. The summed E-state index contributed by atoms with van der Waals surface area (Å²) in [5.74, 6) is 0. The van der Waals surface area contributed by atoms with Crippen molar-refractivity contribution in [2.24, 2.45) is 0 Å². The first-order chi connectivity index (χ1) is 9.79. The van der Waals surface area contributed by atoms with Crippen LogP contribution in [0.15, 0.2) is 59.5 Å². The summed E-state index contributed by atoms with van der Waals surface area (Å²) in [6.45, 7) is 2.44. The van der Waals surface area contributed by atoms with Gasteiger partial charge in [-0.1, -0.05) is 18.2 Å². The molecule has 3 rings (SSSR count). The topological polar surface area (TPSA) is 52.7 Å². The summed E-state index contributed by atoms with van der Waals surface area (Å²) in [7, 11) is 0. The van der Waals surface area contributed by atoms with Crippen LogP contribution in [0.2, 0.25) is 0 Å². The molecule has 0 saturated carbocycles. The Labute approximate surface area is 116 Å². The summed E-state index contributed by atoms with van der Waals surface area (Å²) in [6, 6.07) is 15.0. The van der Waals surface area contributed by atoms with Gasteiger partial charge in [-0.15, -0.1) is 0 Å². The van der Waals surface area contributed by atoms with E-state index < -0.39 is 0 Å². The van der Waals surface area contributed by atoms with Crippen molar-refractivity contribution in [1.82, 2.24) is 19.6 Å². The lowest BCUT2D eigenvalue weighted by molar-refractivity contribution is 0.617. The van der Waals surface area contributed by atoms with Gasteiger partial charge in [0.05, 0.1) is 17.6 Å². The molecule has 0 saturated heterocycles. The molecule has 0 spiro atoms. The van der Waals surface area contributed by atoms with E-state index in [-0.39, 0.29) is 5.56 Å². The lowest BCUT2D eigenvalue weighted by atomic mass is 10.2. The fourth-order valence-corrected chi connectivity index (χ4v) is 2.08. The summed E-state index contributed by atoms with van der Waals surface area (Å²) < 4.78 is 3.25. The third-order valence-electron chi connectivity index (χ3n) is 3.07. The first-order valence-corrected chi connectivity index (χ1v) is 6.47.